The monoisotopic (exact) mass is 245 g/mol. The molecule has 0 bridgehead atoms. The van der Waals surface area contributed by atoms with E-state index in [-0.39, 0.29) is 23.1 Å². The van der Waals surface area contributed by atoms with E-state index in [1.54, 1.807) is 0 Å². The number of hydrogen-bond donors (Lipinski definition) is 0. The lowest BCUT2D eigenvalue weighted by Gasteiger charge is -2.04. The van der Waals surface area contributed by atoms with Gasteiger partial charge in [-0.25, -0.2) is 4.79 Å². The Morgan fingerprint density at radius 2 is 2.25 bits per heavy atom. The first-order valence-electron chi connectivity index (χ1n) is 4.18. The van der Waals surface area contributed by atoms with Gasteiger partial charge >= 0.3 is 5.97 Å². The Balaban J connectivity index is 2.79. The number of benzene rings is 1. The fraction of sp³-hybridized carbons (Fsp3) is 0.222. The van der Waals surface area contributed by atoms with E-state index < -0.39 is 10.9 Å². The summed E-state index contributed by atoms with van der Waals surface area (Å²) in [6.45, 7) is -0.310. The molecule has 0 unspecified atom stereocenters. The standard InChI is InChI=1S/C9H8ClNO5/c1-15-9(12)5-16-6-2-3-7(10)8(4-6)11(13)14/h2-4H,5H2,1H3. The van der Waals surface area contributed by atoms with Crippen LogP contribution >= 0.6 is 11.6 Å². The van der Waals surface area contributed by atoms with Crippen molar-refractivity contribution in [2.24, 2.45) is 0 Å². The third kappa shape index (κ3) is 3.09. The van der Waals surface area contributed by atoms with E-state index in [1.165, 1.54) is 19.2 Å². The Kier molecular flexibility index (Phi) is 4.07. The maximum Gasteiger partial charge on any atom is 0.343 e. The van der Waals surface area contributed by atoms with Crippen molar-refractivity contribution in [3.63, 3.8) is 0 Å². The largest absolute Gasteiger partial charge is 0.482 e. The first-order valence-corrected chi connectivity index (χ1v) is 4.56. The second-order valence-electron chi connectivity index (χ2n) is 2.74. The van der Waals surface area contributed by atoms with Crippen LogP contribution < -0.4 is 4.74 Å². The Hall–Kier alpha value is -1.82. The summed E-state index contributed by atoms with van der Waals surface area (Å²) < 4.78 is 9.32. The molecule has 0 aliphatic heterocycles. The van der Waals surface area contributed by atoms with E-state index >= 15 is 0 Å². The molecule has 7 heteroatoms. The number of carbonyl (C=O) groups excluding carboxylic acids is 1. The van der Waals surface area contributed by atoms with E-state index in [0.717, 1.165) is 6.07 Å². The van der Waals surface area contributed by atoms with E-state index in [2.05, 4.69) is 4.74 Å². The van der Waals surface area contributed by atoms with Crippen LogP contribution in [0, 0.1) is 10.1 Å². The number of rotatable bonds is 4. The number of carbonyl (C=O) groups is 1. The van der Waals surface area contributed by atoms with Crippen LogP contribution in [0.25, 0.3) is 0 Å². The first kappa shape index (κ1) is 12.3. The second-order valence-corrected chi connectivity index (χ2v) is 3.14. The molecule has 0 amide bonds. The number of esters is 1. The third-order valence-corrected chi connectivity index (χ3v) is 2.02. The van der Waals surface area contributed by atoms with Crippen molar-refractivity contribution in [3.8, 4) is 5.75 Å². The molecule has 1 aromatic carbocycles. The average molecular weight is 246 g/mol. The van der Waals surface area contributed by atoms with Gasteiger partial charge in [0, 0.05) is 0 Å². The molecule has 0 aromatic heterocycles. The van der Waals surface area contributed by atoms with Gasteiger partial charge in [-0.1, -0.05) is 11.6 Å². The lowest BCUT2D eigenvalue weighted by atomic mass is 10.3. The lowest BCUT2D eigenvalue weighted by Crippen LogP contribution is -2.12. The summed E-state index contributed by atoms with van der Waals surface area (Å²) in [6.07, 6.45) is 0. The van der Waals surface area contributed by atoms with E-state index in [1.807, 2.05) is 0 Å². The minimum Gasteiger partial charge on any atom is -0.482 e. The maximum absolute atomic E-state index is 10.8. The summed E-state index contributed by atoms with van der Waals surface area (Å²) in [4.78, 5) is 20.7. The highest BCUT2D eigenvalue weighted by Crippen LogP contribution is 2.28. The zero-order valence-electron chi connectivity index (χ0n) is 8.31. The van der Waals surface area contributed by atoms with Gasteiger partial charge < -0.3 is 9.47 Å². The molecule has 0 radical (unpaired) electrons. The van der Waals surface area contributed by atoms with Crippen LogP contribution in [0.5, 0.6) is 5.75 Å². The second kappa shape index (κ2) is 5.32. The van der Waals surface area contributed by atoms with Crippen molar-refractivity contribution in [2.75, 3.05) is 13.7 Å². The van der Waals surface area contributed by atoms with Gasteiger partial charge in [0.05, 0.1) is 18.1 Å². The summed E-state index contributed by atoms with van der Waals surface area (Å²) >= 11 is 5.59. The molecular weight excluding hydrogens is 238 g/mol. The van der Waals surface area contributed by atoms with Crippen LogP contribution in [-0.4, -0.2) is 24.6 Å². The molecule has 6 nitrogen and oxygen atoms in total. The van der Waals surface area contributed by atoms with Crippen molar-refractivity contribution in [1.82, 2.24) is 0 Å². The van der Waals surface area contributed by atoms with Crippen molar-refractivity contribution >= 4 is 23.3 Å². The van der Waals surface area contributed by atoms with Crippen LogP contribution in [0.1, 0.15) is 0 Å². The molecule has 86 valence electrons. The van der Waals surface area contributed by atoms with Gasteiger partial charge in [0.15, 0.2) is 6.61 Å². The number of nitro groups is 1. The highest BCUT2D eigenvalue weighted by atomic mass is 35.5. The summed E-state index contributed by atoms with van der Waals surface area (Å²) in [6, 6.07) is 3.90. The van der Waals surface area contributed by atoms with Gasteiger partial charge in [-0.15, -0.1) is 0 Å². The van der Waals surface area contributed by atoms with Crippen LogP contribution in [-0.2, 0) is 9.53 Å². The average Bonchev–Trinajstić information content (AvgIpc) is 2.27. The van der Waals surface area contributed by atoms with Gasteiger partial charge in [-0.05, 0) is 12.1 Å². The molecule has 0 fully saturated rings. The fourth-order valence-electron chi connectivity index (χ4n) is 0.923. The van der Waals surface area contributed by atoms with Crippen LogP contribution in [0.15, 0.2) is 18.2 Å². The summed E-state index contributed by atoms with van der Waals surface area (Å²) in [7, 11) is 1.22. The predicted molar refractivity (Wildman–Crippen MR) is 55.6 cm³/mol. The molecule has 0 heterocycles. The maximum atomic E-state index is 10.8. The Morgan fingerprint density at radius 3 is 2.81 bits per heavy atom. The quantitative estimate of drug-likeness (QED) is 0.459. The minimum atomic E-state index is -0.632. The smallest absolute Gasteiger partial charge is 0.343 e. The zero-order valence-corrected chi connectivity index (χ0v) is 9.06. The summed E-state index contributed by atoms with van der Waals surface area (Å²) in [5.74, 6) is -0.390. The molecule has 16 heavy (non-hydrogen) atoms. The highest BCUT2D eigenvalue weighted by Gasteiger charge is 2.13. The summed E-state index contributed by atoms with van der Waals surface area (Å²) in [5, 5.41) is 10.6. The van der Waals surface area contributed by atoms with Gasteiger partial charge in [-0.2, -0.15) is 0 Å². The molecule has 0 aliphatic rings. The van der Waals surface area contributed by atoms with Crippen LogP contribution in [0.3, 0.4) is 0 Å². The molecular formula is C9H8ClNO5. The number of methoxy groups -OCH3 is 1. The third-order valence-electron chi connectivity index (χ3n) is 1.70. The number of hydrogen-bond acceptors (Lipinski definition) is 5. The molecule has 0 atom stereocenters. The first-order chi connectivity index (χ1) is 7.54. The van der Waals surface area contributed by atoms with Gasteiger partial charge in [-0.3, -0.25) is 10.1 Å². The molecule has 1 aromatic rings. The highest BCUT2D eigenvalue weighted by molar-refractivity contribution is 6.32. The molecule has 0 saturated heterocycles. The van der Waals surface area contributed by atoms with Gasteiger partial charge in [0.2, 0.25) is 0 Å². The number of halogens is 1. The fourth-order valence-corrected chi connectivity index (χ4v) is 1.11. The van der Waals surface area contributed by atoms with Gasteiger partial charge in [0.25, 0.3) is 5.69 Å². The number of ether oxygens (including phenoxy) is 2. The van der Waals surface area contributed by atoms with E-state index in [9.17, 15) is 14.9 Å². The molecule has 0 aliphatic carbocycles. The van der Waals surface area contributed by atoms with E-state index in [4.69, 9.17) is 16.3 Å². The van der Waals surface area contributed by atoms with Crippen LogP contribution in [0.2, 0.25) is 5.02 Å². The number of nitrogens with zero attached hydrogens (tertiary/aromatic N) is 1. The lowest BCUT2D eigenvalue weighted by molar-refractivity contribution is -0.384. The van der Waals surface area contributed by atoms with Gasteiger partial charge in [0.1, 0.15) is 10.8 Å². The molecule has 0 N–H and O–H groups in total. The van der Waals surface area contributed by atoms with Crippen molar-refractivity contribution in [3.05, 3.63) is 33.3 Å². The molecule has 0 saturated carbocycles. The van der Waals surface area contributed by atoms with Crippen molar-refractivity contribution < 1.29 is 19.2 Å². The van der Waals surface area contributed by atoms with Crippen molar-refractivity contribution in [1.29, 1.82) is 0 Å². The predicted octanol–water partition coefficient (Wildman–Crippen LogP) is 1.80. The Bertz CT molecular complexity index is 420. The number of nitro benzene ring substituents is 1. The SMILES string of the molecule is COC(=O)COc1ccc(Cl)c([N+](=O)[O-])c1. The molecule has 0 spiro atoms. The normalized spacial score (nSPS) is 9.62. The summed E-state index contributed by atoms with van der Waals surface area (Å²) in [5.41, 5.74) is -0.274. The van der Waals surface area contributed by atoms with Crippen LogP contribution in [0.4, 0.5) is 5.69 Å². The molecule has 1 rings (SSSR count). The van der Waals surface area contributed by atoms with Crippen molar-refractivity contribution in [2.45, 2.75) is 0 Å². The Morgan fingerprint density at radius 1 is 1.56 bits per heavy atom. The Labute approximate surface area is 95.9 Å². The van der Waals surface area contributed by atoms with E-state index in [0.29, 0.717) is 0 Å². The topological polar surface area (TPSA) is 78.7 Å². The zero-order chi connectivity index (χ0) is 12.1. The minimum absolute atomic E-state index is 0.00965.